The number of sulfone groups is 1. The van der Waals surface area contributed by atoms with Gasteiger partial charge in [-0.15, -0.1) is 0 Å². The van der Waals surface area contributed by atoms with Crippen molar-refractivity contribution in [3.8, 4) is 0 Å². The van der Waals surface area contributed by atoms with Crippen molar-refractivity contribution in [2.75, 3.05) is 16.8 Å². The number of amides is 1. The SMILES string of the molecule is O=C(Nc1cccc(Br)c1)c1nn(C2CCS(=O)(=O)C2)c2c1CCCC2. The Morgan fingerprint density at radius 2 is 2.08 bits per heavy atom. The maximum absolute atomic E-state index is 12.8. The third kappa shape index (κ3) is 3.44. The molecule has 8 heteroatoms. The van der Waals surface area contributed by atoms with E-state index < -0.39 is 9.84 Å². The Balaban J connectivity index is 1.67. The van der Waals surface area contributed by atoms with Crippen LogP contribution in [0, 0.1) is 0 Å². The summed E-state index contributed by atoms with van der Waals surface area (Å²) in [5.41, 5.74) is 3.15. The lowest BCUT2D eigenvalue weighted by molar-refractivity contribution is 0.102. The first-order valence-corrected chi connectivity index (χ1v) is 11.4. The first kappa shape index (κ1) is 17.7. The summed E-state index contributed by atoms with van der Waals surface area (Å²) in [6.45, 7) is 0. The normalized spacial score (nSPS) is 21.3. The molecule has 1 unspecified atom stereocenters. The first-order chi connectivity index (χ1) is 12.4. The zero-order chi connectivity index (χ0) is 18.3. The highest BCUT2D eigenvalue weighted by atomic mass is 79.9. The van der Waals surface area contributed by atoms with Gasteiger partial charge >= 0.3 is 0 Å². The summed E-state index contributed by atoms with van der Waals surface area (Å²) in [4.78, 5) is 12.8. The summed E-state index contributed by atoms with van der Waals surface area (Å²) < 4.78 is 26.5. The second-order valence-corrected chi connectivity index (χ2v) is 10.1. The third-order valence-electron chi connectivity index (χ3n) is 5.06. The predicted molar refractivity (Wildman–Crippen MR) is 103 cm³/mol. The van der Waals surface area contributed by atoms with E-state index in [1.54, 1.807) is 0 Å². The van der Waals surface area contributed by atoms with E-state index in [1.807, 2.05) is 28.9 Å². The molecule has 1 aromatic carbocycles. The van der Waals surface area contributed by atoms with E-state index in [2.05, 4.69) is 26.3 Å². The Kier molecular flexibility index (Phi) is 4.64. The van der Waals surface area contributed by atoms with Crippen molar-refractivity contribution >= 4 is 37.4 Å². The first-order valence-electron chi connectivity index (χ1n) is 8.80. The van der Waals surface area contributed by atoms with Crippen LogP contribution in [0.5, 0.6) is 0 Å². The molecule has 1 N–H and O–H groups in total. The van der Waals surface area contributed by atoms with Gasteiger partial charge in [-0.05, 0) is 50.3 Å². The number of nitrogens with zero attached hydrogens (tertiary/aromatic N) is 2. The molecule has 6 nitrogen and oxygen atoms in total. The average molecular weight is 438 g/mol. The van der Waals surface area contributed by atoms with Crippen LogP contribution in [0.3, 0.4) is 0 Å². The van der Waals surface area contributed by atoms with Gasteiger partial charge < -0.3 is 5.32 Å². The van der Waals surface area contributed by atoms with Gasteiger partial charge in [-0.3, -0.25) is 9.48 Å². The van der Waals surface area contributed by atoms with Gasteiger partial charge in [-0.1, -0.05) is 22.0 Å². The van der Waals surface area contributed by atoms with Gasteiger partial charge in [0.25, 0.3) is 5.91 Å². The van der Waals surface area contributed by atoms with Crippen molar-refractivity contribution in [1.29, 1.82) is 0 Å². The van der Waals surface area contributed by atoms with E-state index in [0.717, 1.165) is 41.4 Å². The Bertz CT molecular complexity index is 968. The fraction of sp³-hybridized carbons (Fsp3) is 0.444. The molecule has 26 heavy (non-hydrogen) atoms. The molecule has 0 bridgehead atoms. The van der Waals surface area contributed by atoms with Crippen LogP contribution in [-0.4, -0.2) is 35.6 Å². The van der Waals surface area contributed by atoms with Gasteiger partial charge in [-0.2, -0.15) is 5.10 Å². The van der Waals surface area contributed by atoms with E-state index in [1.165, 1.54) is 0 Å². The number of hydrogen-bond donors (Lipinski definition) is 1. The lowest BCUT2D eigenvalue weighted by atomic mass is 9.95. The van der Waals surface area contributed by atoms with E-state index >= 15 is 0 Å². The molecule has 2 heterocycles. The van der Waals surface area contributed by atoms with Crippen molar-refractivity contribution in [2.45, 2.75) is 38.1 Å². The van der Waals surface area contributed by atoms with Gasteiger partial charge in [0.2, 0.25) is 0 Å². The van der Waals surface area contributed by atoms with Gasteiger partial charge in [0, 0.05) is 21.4 Å². The minimum atomic E-state index is -3.00. The van der Waals surface area contributed by atoms with Crippen molar-refractivity contribution in [3.05, 3.63) is 45.7 Å². The molecule has 2 aromatic rings. The Hall–Kier alpha value is -1.67. The van der Waals surface area contributed by atoms with Crippen molar-refractivity contribution in [1.82, 2.24) is 9.78 Å². The van der Waals surface area contributed by atoms with Crippen LogP contribution in [0.25, 0.3) is 0 Å². The highest BCUT2D eigenvalue weighted by Gasteiger charge is 2.34. The molecule has 0 saturated carbocycles. The van der Waals surface area contributed by atoms with E-state index in [0.29, 0.717) is 17.8 Å². The van der Waals surface area contributed by atoms with Crippen LogP contribution in [0.4, 0.5) is 5.69 Å². The topological polar surface area (TPSA) is 81.1 Å². The molecule has 1 fully saturated rings. The predicted octanol–water partition coefficient (Wildman–Crippen LogP) is 3.14. The zero-order valence-corrected chi connectivity index (χ0v) is 16.6. The Labute approximate surface area is 161 Å². The summed E-state index contributed by atoms with van der Waals surface area (Å²) in [6.07, 6.45) is 4.31. The number of fused-ring (bicyclic) bond motifs is 1. The molecule has 2 aliphatic rings. The van der Waals surface area contributed by atoms with Crippen LogP contribution < -0.4 is 5.32 Å². The molecule has 0 spiro atoms. The van der Waals surface area contributed by atoms with Crippen LogP contribution in [-0.2, 0) is 22.7 Å². The Morgan fingerprint density at radius 1 is 1.27 bits per heavy atom. The number of hydrogen-bond acceptors (Lipinski definition) is 4. The highest BCUT2D eigenvalue weighted by Crippen LogP contribution is 2.31. The molecule has 1 atom stereocenters. The lowest BCUT2D eigenvalue weighted by Crippen LogP contribution is -2.17. The molecule has 0 radical (unpaired) electrons. The monoisotopic (exact) mass is 437 g/mol. The maximum Gasteiger partial charge on any atom is 0.276 e. The van der Waals surface area contributed by atoms with Crippen LogP contribution >= 0.6 is 15.9 Å². The summed E-state index contributed by atoms with van der Waals surface area (Å²) in [5.74, 6) is 0.0838. The average Bonchev–Trinajstić information content (AvgIpc) is 3.15. The number of anilines is 1. The zero-order valence-electron chi connectivity index (χ0n) is 14.2. The third-order valence-corrected chi connectivity index (χ3v) is 7.30. The molecular formula is C18H20BrN3O3S. The van der Waals surface area contributed by atoms with Crippen LogP contribution in [0.2, 0.25) is 0 Å². The lowest BCUT2D eigenvalue weighted by Gasteiger charge is -2.17. The fourth-order valence-corrected chi connectivity index (χ4v) is 5.93. The fourth-order valence-electron chi connectivity index (χ4n) is 3.84. The summed E-state index contributed by atoms with van der Waals surface area (Å²) >= 11 is 3.40. The van der Waals surface area contributed by atoms with E-state index in [9.17, 15) is 13.2 Å². The van der Waals surface area contributed by atoms with Crippen molar-refractivity contribution in [2.24, 2.45) is 0 Å². The van der Waals surface area contributed by atoms with Crippen molar-refractivity contribution in [3.63, 3.8) is 0 Å². The number of halogens is 1. The van der Waals surface area contributed by atoms with E-state index in [4.69, 9.17) is 0 Å². The van der Waals surface area contributed by atoms with Gasteiger partial charge in [0.1, 0.15) is 0 Å². The van der Waals surface area contributed by atoms with Gasteiger partial charge in [-0.25, -0.2) is 8.42 Å². The molecule has 1 saturated heterocycles. The number of nitrogens with one attached hydrogen (secondary N) is 1. The second kappa shape index (κ2) is 6.81. The molecule has 1 aromatic heterocycles. The number of carbonyl (C=O) groups is 1. The molecule has 138 valence electrons. The van der Waals surface area contributed by atoms with E-state index in [-0.39, 0.29) is 23.5 Å². The molecule has 1 amide bonds. The minimum Gasteiger partial charge on any atom is -0.321 e. The van der Waals surface area contributed by atoms with Gasteiger partial charge in [0.15, 0.2) is 15.5 Å². The highest BCUT2D eigenvalue weighted by molar-refractivity contribution is 9.10. The number of aromatic nitrogens is 2. The second-order valence-electron chi connectivity index (χ2n) is 6.95. The summed E-state index contributed by atoms with van der Waals surface area (Å²) in [6, 6.07) is 7.27. The standard InChI is InChI=1S/C18H20BrN3O3S/c19-12-4-3-5-13(10-12)20-18(23)17-15-6-1-2-7-16(15)22(21-17)14-8-9-26(24,25)11-14/h3-5,10,14H,1-2,6-9,11H2,(H,20,23). The number of benzene rings is 1. The van der Waals surface area contributed by atoms with Gasteiger partial charge in [0.05, 0.1) is 17.5 Å². The number of carbonyl (C=O) groups excluding carboxylic acids is 1. The van der Waals surface area contributed by atoms with Crippen LogP contribution in [0.1, 0.15) is 47.1 Å². The molecule has 1 aliphatic carbocycles. The smallest absolute Gasteiger partial charge is 0.276 e. The quantitative estimate of drug-likeness (QED) is 0.799. The van der Waals surface area contributed by atoms with Crippen molar-refractivity contribution < 1.29 is 13.2 Å². The molecule has 4 rings (SSSR count). The summed E-state index contributed by atoms with van der Waals surface area (Å²) in [5, 5.41) is 7.49. The minimum absolute atomic E-state index is 0.119. The molecule has 1 aliphatic heterocycles. The molecular weight excluding hydrogens is 418 g/mol. The number of rotatable bonds is 3. The summed E-state index contributed by atoms with van der Waals surface area (Å²) in [7, 11) is -3.00. The maximum atomic E-state index is 12.8. The largest absolute Gasteiger partial charge is 0.321 e. The van der Waals surface area contributed by atoms with Crippen LogP contribution in [0.15, 0.2) is 28.7 Å². The Morgan fingerprint density at radius 3 is 2.81 bits per heavy atom.